The summed E-state index contributed by atoms with van der Waals surface area (Å²) in [6.45, 7) is 6.98. The van der Waals surface area contributed by atoms with Gasteiger partial charge in [0.05, 0.1) is 11.1 Å². The van der Waals surface area contributed by atoms with Gasteiger partial charge in [-0.2, -0.15) is 0 Å². The van der Waals surface area contributed by atoms with Crippen LogP contribution in [-0.2, 0) is 4.74 Å². The Hall–Kier alpha value is -2.34. The lowest BCUT2D eigenvalue weighted by Gasteiger charge is -2.00. The average molecular weight is 209 g/mol. The van der Waals surface area contributed by atoms with Crippen LogP contribution in [0.3, 0.4) is 0 Å². The molecular formula is C13H7NO2. The van der Waals surface area contributed by atoms with Crippen molar-refractivity contribution in [3.8, 4) is 0 Å². The van der Waals surface area contributed by atoms with Gasteiger partial charge in [0.2, 0.25) is 0 Å². The zero-order valence-corrected chi connectivity index (χ0v) is 8.31. The maximum absolute atomic E-state index is 11.7. The van der Waals surface area contributed by atoms with Crippen molar-refractivity contribution in [3.63, 3.8) is 0 Å². The molecule has 0 saturated heterocycles. The summed E-state index contributed by atoms with van der Waals surface area (Å²) >= 11 is 0. The molecule has 2 aromatic carbocycles. The van der Waals surface area contributed by atoms with E-state index < -0.39 is 12.2 Å². The van der Waals surface area contributed by atoms with Gasteiger partial charge in [0.15, 0.2) is 0 Å². The molecule has 3 heteroatoms. The monoisotopic (exact) mass is 209 g/mol. The van der Waals surface area contributed by atoms with Crippen LogP contribution in [0.2, 0.25) is 0 Å². The van der Waals surface area contributed by atoms with Gasteiger partial charge in [-0.15, -0.1) is 0 Å². The third-order valence-electron chi connectivity index (χ3n) is 2.77. The maximum atomic E-state index is 11.7. The van der Waals surface area contributed by atoms with Gasteiger partial charge in [0.25, 0.3) is 0 Å². The highest BCUT2D eigenvalue weighted by Gasteiger charge is 2.36. The molecule has 1 atom stereocenters. The number of benzene rings is 2. The Balaban J connectivity index is 2.41. The summed E-state index contributed by atoms with van der Waals surface area (Å²) in [6.07, 6.45) is -0.771. The second kappa shape index (κ2) is 3.07. The van der Waals surface area contributed by atoms with E-state index in [9.17, 15) is 4.79 Å². The second-order valence-corrected chi connectivity index (χ2v) is 3.64. The Morgan fingerprint density at radius 3 is 2.81 bits per heavy atom. The van der Waals surface area contributed by atoms with Crippen LogP contribution in [0.4, 0.5) is 0 Å². The van der Waals surface area contributed by atoms with Crippen molar-refractivity contribution in [3.05, 3.63) is 58.9 Å². The number of nitrogens with zero attached hydrogens (tertiary/aromatic N) is 1. The first-order chi connectivity index (χ1) is 7.81. The van der Waals surface area contributed by atoms with E-state index in [1.807, 2.05) is 30.3 Å². The third kappa shape index (κ3) is 1.04. The van der Waals surface area contributed by atoms with Crippen LogP contribution in [-0.4, -0.2) is 5.97 Å². The molecule has 1 aliphatic heterocycles. The fraction of sp³-hybridized carbons (Fsp3) is 0.0769. The fourth-order valence-corrected chi connectivity index (χ4v) is 2.04. The minimum Gasteiger partial charge on any atom is -0.384 e. The van der Waals surface area contributed by atoms with Crippen LogP contribution in [0, 0.1) is 6.57 Å². The predicted octanol–water partition coefficient (Wildman–Crippen LogP) is 2.93. The molecule has 16 heavy (non-hydrogen) atoms. The minimum atomic E-state index is -0.771. The van der Waals surface area contributed by atoms with E-state index in [4.69, 9.17) is 11.3 Å². The number of hydrogen-bond acceptors (Lipinski definition) is 2. The van der Waals surface area contributed by atoms with Crippen molar-refractivity contribution in [1.82, 2.24) is 0 Å². The van der Waals surface area contributed by atoms with Crippen molar-refractivity contribution in [1.29, 1.82) is 0 Å². The molecule has 76 valence electrons. The van der Waals surface area contributed by atoms with Gasteiger partial charge in [-0.25, -0.2) is 11.4 Å². The Kier molecular flexibility index (Phi) is 1.72. The molecule has 0 aromatic heterocycles. The first-order valence-corrected chi connectivity index (χ1v) is 4.90. The highest BCUT2D eigenvalue weighted by molar-refractivity contribution is 6.07. The number of fused-ring (bicyclic) bond motifs is 3. The molecule has 2 aromatic rings. The molecule has 0 radical (unpaired) electrons. The number of carbonyl (C=O) groups is 1. The molecule has 0 spiro atoms. The molecule has 0 N–H and O–H groups in total. The topological polar surface area (TPSA) is 30.7 Å². The van der Waals surface area contributed by atoms with E-state index in [1.54, 1.807) is 6.07 Å². The molecule has 0 fully saturated rings. The maximum Gasteiger partial charge on any atom is 0.396 e. The van der Waals surface area contributed by atoms with Gasteiger partial charge in [-0.3, -0.25) is 4.85 Å². The molecule has 0 aliphatic carbocycles. The smallest absolute Gasteiger partial charge is 0.384 e. The molecule has 1 heterocycles. The molecule has 0 saturated carbocycles. The van der Waals surface area contributed by atoms with Crippen LogP contribution in [0.5, 0.6) is 0 Å². The number of ether oxygens (including phenoxy) is 1. The number of esters is 1. The van der Waals surface area contributed by atoms with Gasteiger partial charge in [0.1, 0.15) is 0 Å². The summed E-state index contributed by atoms with van der Waals surface area (Å²) in [5, 5.41) is 1.85. The Labute approximate surface area is 92.1 Å². The summed E-state index contributed by atoms with van der Waals surface area (Å²) in [4.78, 5) is 15.0. The molecular weight excluding hydrogens is 202 g/mol. The normalized spacial score (nSPS) is 17.9. The van der Waals surface area contributed by atoms with Crippen LogP contribution >= 0.6 is 0 Å². The highest BCUT2D eigenvalue weighted by atomic mass is 16.6. The van der Waals surface area contributed by atoms with Crippen molar-refractivity contribution >= 4 is 16.7 Å². The molecule has 3 nitrogen and oxygen atoms in total. The van der Waals surface area contributed by atoms with Crippen LogP contribution in [0.1, 0.15) is 22.1 Å². The molecule has 1 unspecified atom stereocenters. The van der Waals surface area contributed by atoms with Crippen LogP contribution < -0.4 is 0 Å². The van der Waals surface area contributed by atoms with Crippen molar-refractivity contribution in [2.45, 2.75) is 6.23 Å². The SMILES string of the molecule is [C-]#[N+]C1OC(=O)c2c1ccc1ccccc21. The van der Waals surface area contributed by atoms with Crippen molar-refractivity contribution < 1.29 is 9.53 Å². The fourth-order valence-electron chi connectivity index (χ4n) is 2.04. The van der Waals surface area contributed by atoms with E-state index in [0.29, 0.717) is 11.1 Å². The van der Waals surface area contributed by atoms with E-state index >= 15 is 0 Å². The van der Waals surface area contributed by atoms with Gasteiger partial charge in [-0.1, -0.05) is 30.3 Å². The standard InChI is InChI=1S/C13H7NO2/c1-14-12-10-7-6-8-4-2-3-5-9(8)11(10)13(15)16-12/h2-7,12H. The number of carbonyl (C=O) groups excluding carboxylic acids is 1. The molecule has 1 aliphatic rings. The lowest BCUT2D eigenvalue weighted by atomic mass is 10.00. The largest absolute Gasteiger partial charge is 0.396 e. The first-order valence-electron chi connectivity index (χ1n) is 4.90. The minimum absolute atomic E-state index is 0.396. The average Bonchev–Trinajstić information content (AvgIpc) is 2.66. The van der Waals surface area contributed by atoms with Gasteiger partial charge >= 0.3 is 12.2 Å². The zero-order chi connectivity index (χ0) is 11.1. The van der Waals surface area contributed by atoms with Gasteiger partial charge in [0, 0.05) is 0 Å². The van der Waals surface area contributed by atoms with Gasteiger partial charge < -0.3 is 4.74 Å². The summed E-state index contributed by atoms with van der Waals surface area (Å²) < 4.78 is 5.00. The summed E-state index contributed by atoms with van der Waals surface area (Å²) in [7, 11) is 0. The Morgan fingerprint density at radius 2 is 2.00 bits per heavy atom. The highest BCUT2D eigenvalue weighted by Crippen LogP contribution is 2.36. The molecule has 3 rings (SSSR count). The van der Waals surface area contributed by atoms with Crippen molar-refractivity contribution in [2.75, 3.05) is 0 Å². The summed E-state index contributed by atoms with van der Waals surface area (Å²) in [5.41, 5.74) is 1.22. The summed E-state index contributed by atoms with van der Waals surface area (Å²) in [6, 6.07) is 11.3. The van der Waals surface area contributed by atoms with E-state index in [0.717, 1.165) is 10.8 Å². The lowest BCUT2D eigenvalue weighted by molar-refractivity contribution is 0.0465. The van der Waals surface area contributed by atoms with E-state index in [2.05, 4.69) is 4.85 Å². The van der Waals surface area contributed by atoms with Gasteiger partial charge in [-0.05, 0) is 16.8 Å². The van der Waals surface area contributed by atoms with Crippen LogP contribution in [0.25, 0.3) is 15.6 Å². The number of cyclic esters (lactones) is 1. The van der Waals surface area contributed by atoms with Crippen LogP contribution in [0.15, 0.2) is 36.4 Å². The molecule has 0 amide bonds. The summed E-state index contributed by atoms with van der Waals surface area (Å²) in [5.74, 6) is -0.396. The van der Waals surface area contributed by atoms with E-state index in [-0.39, 0.29) is 0 Å². The Bertz CT molecular complexity index is 640. The predicted molar refractivity (Wildman–Crippen MR) is 58.7 cm³/mol. The van der Waals surface area contributed by atoms with Crippen molar-refractivity contribution in [2.24, 2.45) is 0 Å². The second-order valence-electron chi connectivity index (χ2n) is 3.64. The van der Waals surface area contributed by atoms with E-state index in [1.165, 1.54) is 0 Å². The number of hydrogen-bond donors (Lipinski definition) is 0. The third-order valence-corrected chi connectivity index (χ3v) is 2.77. The Morgan fingerprint density at radius 1 is 1.19 bits per heavy atom. The quantitative estimate of drug-likeness (QED) is 0.493. The first kappa shape index (κ1) is 8.93. The lowest BCUT2D eigenvalue weighted by Crippen LogP contribution is -1.95. The molecule has 0 bridgehead atoms. The zero-order valence-electron chi connectivity index (χ0n) is 8.31. The number of rotatable bonds is 0.